The van der Waals surface area contributed by atoms with E-state index in [1.54, 1.807) is 5.57 Å². The molecule has 0 saturated heterocycles. The number of halogens is 2. The summed E-state index contributed by atoms with van der Waals surface area (Å²) in [5.41, 5.74) is 6.26. The first-order valence-corrected chi connectivity index (χ1v) is 9.56. The summed E-state index contributed by atoms with van der Waals surface area (Å²) in [6, 6.07) is 0. The molecule has 2 nitrogen and oxygen atoms in total. The summed E-state index contributed by atoms with van der Waals surface area (Å²) in [5, 5.41) is 0. The van der Waals surface area contributed by atoms with Crippen molar-refractivity contribution in [3.8, 4) is 0 Å². The van der Waals surface area contributed by atoms with E-state index in [2.05, 4.69) is 31.5 Å². The minimum atomic E-state index is -0.0829. The van der Waals surface area contributed by atoms with Crippen LogP contribution in [0.1, 0.15) is 59.8 Å². The summed E-state index contributed by atoms with van der Waals surface area (Å²) < 4.78 is 3.04. The van der Waals surface area contributed by atoms with Crippen LogP contribution in [0.3, 0.4) is 0 Å². The standard InChI is InChI=1S/C19H27NO.2ClH.Ti/c1-10-11(2)13(4)16(12(10)3)18-7-8-19(18,17(20)21)15-6-5-14(18)9-15;;;/h12,14-15H,5-9H2,1-4H3,(H2,20,21);2*1H;/q;;;+3/p-3. The molecule has 0 aromatic carbocycles. The number of amides is 1. The Balaban J connectivity index is 0.00000104. The molecular weight excluding hydrogens is 377 g/mol. The van der Waals surface area contributed by atoms with Crippen molar-refractivity contribution in [2.24, 2.45) is 28.6 Å². The molecule has 4 rings (SSSR count). The largest absolute Gasteiger partial charge is 1.00 e. The molecule has 0 spiro atoms. The molecule has 2 bridgehead atoms. The second-order valence-corrected chi connectivity index (χ2v) is 8.56. The third-order valence-corrected chi connectivity index (χ3v) is 8.53. The molecular formula is C19H26Cl2NOTi. The van der Waals surface area contributed by atoms with E-state index in [-0.39, 0.29) is 35.6 Å². The van der Waals surface area contributed by atoms with Gasteiger partial charge in [-0.1, -0.05) is 0 Å². The van der Waals surface area contributed by atoms with Gasteiger partial charge in [-0.25, -0.2) is 0 Å². The second-order valence-electron chi connectivity index (χ2n) is 8.17. The summed E-state index contributed by atoms with van der Waals surface area (Å²) in [4.78, 5) is 13.0. The molecule has 4 aliphatic rings. The van der Waals surface area contributed by atoms with Crippen LogP contribution in [0, 0.1) is 28.6 Å². The second kappa shape index (κ2) is 6.44. The monoisotopic (exact) mass is 402 g/mol. The van der Waals surface area contributed by atoms with Gasteiger partial charge in [0, 0.05) is 0 Å². The van der Waals surface area contributed by atoms with Gasteiger partial charge >= 0.3 is 146 Å². The van der Waals surface area contributed by atoms with Gasteiger partial charge in [0.05, 0.1) is 0 Å². The van der Waals surface area contributed by atoms with Crippen molar-refractivity contribution >= 4 is 5.91 Å². The molecule has 0 aromatic rings. The zero-order valence-electron chi connectivity index (χ0n) is 14.9. The van der Waals surface area contributed by atoms with Crippen LogP contribution in [0.15, 0.2) is 22.3 Å². The van der Waals surface area contributed by atoms with Crippen LogP contribution in [0.4, 0.5) is 0 Å². The number of allylic oxidation sites excluding steroid dienone is 4. The van der Waals surface area contributed by atoms with Crippen molar-refractivity contribution in [2.45, 2.75) is 59.8 Å². The van der Waals surface area contributed by atoms with Crippen molar-refractivity contribution < 1.29 is 50.3 Å². The number of carbonyl (C=O) groups excluding carboxylic acids is 1. The number of rotatable bonds is 2. The molecule has 3 fully saturated rings. The van der Waals surface area contributed by atoms with E-state index in [4.69, 9.17) is 0 Å². The Morgan fingerprint density at radius 3 is 2.17 bits per heavy atom. The molecule has 131 valence electrons. The first-order valence-electron chi connectivity index (χ1n) is 8.78. The van der Waals surface area contributed by atoms with Crippen LogP contribution in [0.25, 0.3) is 0 Å². The van der Waals surface area contributed by atoms with E-state index in [9.17, 15) is 4.79 Å². The van der Waals surface area contributed by atoms with E-state index in [0.29, 0.717) is 17.7 Å². The fraction of sp³-hybridized carbons (Fsp3) is 0.737. The predicted octanol–water partition coefficient (Wildman–Crippen LogP) is -1.93. The smallest absolute Gasteiger partial charge is 1.00 e. The van der Waals surface area contributed by atoms with Gasteiger partial charge in [0.25, 0.3) is 0 Å². The summed E-state index contributed by atoms with van der Waals surface area (Å²) in [5.74, 6) is 2.24. The summed E-state index contributed by atoms with van der Waals surface area (Å²) >= 11 is 1.83. The number of fused-ring (bicyclic) bond motifs is 5. The molecule has 0 radical (unpaired) electrons. The molecule has 5 atom stereocenters. The van der Waals surface area contributed by atoms with Crippen LogP contribution < -0.4 is 28.6 Å². The van der Waals surface area contributed by atoms with Gasteiger partial charge < -0.3 is 24.8 Å². The van der Waals surface area contributed by atoms with E-state index < -0.39 is 0 Å². The molecule has 5 unspecified atom stereocenters. The van der Waals surface area contributed by atoms with Crippen molar-refractivity contribution in [3.05, 3.63) is 22.3 Å². The van der Waals surface area contributed by atoms with E-state index >= 15 is 0 Å². The SMILES string of the molecule is CC1=C(C)C(C)C(C23CCC2(C(=O)[NH][Ti+2])C2CCC3C2)=C1C.[Cl-].[Cl-]. The molecule has 1 amide bonds. The van der Waals surface area contributed by atoms with Gasteiger partial charge in [-0.05, 0) is 0 Å². The van der Waals surface area contributed by atoms with Crippen molar-refractivity contribution in [1.82, 2.24) is 3.80 Å². The zero-order chi connectivity index (χ0) is 15.9. The van der Waals surface area contributed by atoms with Crippen molar-refractivity contribution in [3.63, 3.8) is 0 Å². The van der Waals surface area contributed by atoms with Gasteiger partial charge in [-0.3, -0.25) is 0 Å². The normalized spacial score (nSPS) is 42.3. The zero-order valence-corrected chi connectivity index (χ0v) is 18.0. The Morgan fingerprint density at radius 1 is 1.08 bits per heavy atom. The van der Waals surface area contributed by atoms with Gasteiger partial charge in [-0.15, -0.1) is 0 Å². The minimum Gasteiger partial charge on any atom is -1.00 e. The number of carbonyl (C=O) groups is 1. The van der Waals surface area contributed by atoms with Crippen molar-refractivity contribution in [1.29, 1.82) is 0 Å². The Morgan fingerprint density at radius 2 is 1.71 bits per heavy atom. The molecule has 1 N–H and O–H groups in total. The molecule has 0 aromatic heterocycles. The fourth-order valence-corrected chi connectivity index (χ4v) is 7.32. The average Bonchev–Trinajstić information content (AvgIpc) is 3.08. The molecule has 4 aliphatic carbocycles. The van der Waals surface area contributed by atoms with Gasteiger partial charge in [0.2, 0.25) is 0 Å². The average molecular weight is 403 g/mol. The van der Waals surface area contributed by atoms with Crippen LogP contribution in [0.5, 0.6) is 0 Å². The molecule has 0 aliphatic heterocycles. The third-order valence-electron chi connectivity index (χ3n) is 8.18. The Bertz CT molecular complexity index is 643. The van der Waals surface area contributed by atoms with E-state index in [1.807, 2.05) is 20.7 Å². The molecule has 5 heteroatoms. The Kier molecular flexibility index (Phi) is 5.52. The van der Waals surface area contributed by atoms with E-state index in [1.165, 1.54) is 42.4 Å². The van der Waals surface area contributed by atoms with Crippen LogP contribution in [-0.4, -0.2) is 5.91 Å². The number of nitrogens with one attached hydrogen (secondary N) is 1. The predicted molar refractivity (Wildman–Crippen MR) is 83.3 cm³/mol. The van der Waals surface area contributed by atoms with Gasteiger partial charge in [-0.2, -0.15) is 0 Å². The summed E-state index contributed by atoms with van der Waals surface area (Å²) in [6.07, 6.45) is 6.24. The Hall–Kier alpha value is 0.244. The number of hydrogen-bond acceptors (Lipinski definition) is 1. The van der Waals surface area contributed by atoms with Crippen LogP contribution >= 0.6 is 0 Å². The maximum absolute atomic E-state index is 13.0. The summed E-state index contributed by atoms with van der Waals surface area (Å²) in [7, 11) is 0. The summed E-state index contributed by atoms with van der Waals surface area (Å²) in [6.45, 7) is 9.25. The topological polar surface area (TPSA) is 29.1 Å². The first-order chi connectivity index (χ1) is 10.4. The van der Waals surface area contributed by atoms with Crippen LogP contribution in [0.2, 0.25) is 0 Å². The molecule has 24 heavy (non-hydrogen) atoms. The fourth-order valence-electron chi connectivity index (χ4n) is 6.97. The maximum Gasteiger partial charge on any atom is -1.00 e. The third kappa shape index (κ3) is 1.98. The number of hydrogen-bond donors (Lipinski definition) is 1. The minimum absolute atomic E-state index is 0. The van der Waals surface area contributed by atoms with Crippen LogP contribution in [-0.2, 0) is 25.5 Å². The van der Waals surface area contributed by atoms with Gasteiger partial charge in [0.1, 0.15) is 0 Å². The Labute approximate surface area is 170 Å². The maximum atomic E-state index is 13.0. The molecule has 3 saturated carbocycles. The first kappa shape index (κ1) is 20.6. The van der Waals surface area contributed by atoms with Crippen molar-refractivity contribution in [2.75, 3.05) is 0 Å². The van der Waals surface area contributed by atoms with E-state index in [0.717, 1.165) is 12.3 Å². The van der Waals surface area contributed by atoms with Gasteiger partial charge in [0.15, 0.2) is 0 Å². The quantitative estimate of drug-likeness (QED) is 0.535. The molecule has 0 heterocycles.